The van der Waals surface area contributed by atoms with Crippen molar-refractivity contribution in [3.8, 4) is 11.3 Å². The van der Waals surface area contributed by atoms with Gasteiger partial charge in [-0.1, -0.05) is 42.0 Å². The van der Waals surface area contributed by atoms with Gasteiger partial charge < -0.3 is 5.32 Å². The van der Waals surface area contributed by atoms with Crippen molar-refractivity contribution in [1.82, 2.24) is 9.88 Å². The van der Waals surface area contributed by atoms with Gasteiger partial charge in [0.05, 0.1) is 17.5 Å². The normalized spacial score (nSPS) is 21.4. The van der Waals surface area contributed by atoms with E-state index in [0.717, 1.165) is 10.5 Å². The smallest absolute Gasteiger partial charge is 0.246 e. The molecule has 2 aromatic rings. The summed E-state index contributed by atoms with van der Waals surface area (Å²) in [4.78, 5) is 42.6. The predicted molar refractivity (Wildman–Crippen MR) is 103 cm³/mol. The molecule has 1 fully saturated rings. The lowest BCUT2D eigenvalue weighted by molar-refractivity contribution is -0.142. The van der Waals surface area contributed by atoms with E-state index in [2.05, 4.69) is 10.3 Å². The van der Waals surface area contributed by atoms with Crippen molar-refractivity contribution < 1.29 is 14.4 Å². The van der Waals surface area contributed by atoms with Gasteiger partial charge in [-0.3, -0.25) is 19.3 Å². The minimum Gasteiger partial charge on any atom is -0.300 e. The van der Waals surface area contributed by atoms with Crippen LogP contribution < -0.4 is 5.32 Å². The van der Waals surface area contributed by atoms with Gasteiger partial charge in [0.2, 0.25) is 17.7 Å². The van der Waals surface area contributed by atoms with E-state index in [-0.39, 0.29) is 30.2 Å². The molecular weight excluding hydrogens is 386 g/mol. The average molecular weight is 402 g/mol. The van der Waals surface area contributed by atoms with Crippen molar-refractivity contribution in [1.29, 1.82) is 0 Å². The van der Waals surface area contributed by atoms with Gasteiger partial charge in [0, 0.05) is 16.0 Å². The van der Waals surface area contributed by atoms with E-state index in [4.69, 9.17) is 11.6 Å². The lowest BCUT2D eigenvalue weighted by atomic mass is 9.85. The maximum absolute atomic E-state index is 12.4. The Morgan fingerprint density at radius 1 is 1.19 bits per heavy atom. The molecule has 0 unspecified atom stereocenters. The molecule has 138 valence electrons. The molecule has 0 bridgehead atoms. The molecule has 1 N–H and O–H groups in total. The van der Waals surface area contributed by atoms with E-state index in [1.54, 1.807) is 11.4 Å². The summed E-state index contributed by atoms with van der Waals surface area (Å²) < 4.78 is 0. The molecule has 0 saturated carbocycles. The lowest BCUT2D eigenvalue weighted by Gasteiger charge is -2.14. The van der Waals surface area contributed by atoms with Crippen molar-refractivity contribution in [2.45, 2.75) is 12.8 Å². The van der Waals surface area contributed by atoms with Crippen molar-refractivity contribution in [2.24, 2.45) is 11.8 Å². The van der Waals surface area contributed by atoms with Crippen LogP contribution in [-0.4, -0.2) is 34.2 Å². The summed E-state index contributed by atoms with van der Waals surface area (Å²) in [6, 6.07) is 7.31. The zero-order chi connectivity index (χ0) is 19.0. The second-order valence-corrected chi connectivity index (χ2v) is 7.75. The van der Waals surface area contributed by atoms with Crippen LogP contribution in [0.4, 0.5) is 5.13 Å². The summed E-state index contributed by atoms with van der Waals surface area (Å²) in [5.74, 6) is -1.63. The minimum atomic E-state index is -0.441. The van der Waals surface area contributed by atoms with E-state index in [1.165, 1.54) is 11.3 Å². The molecule has 4 rings (SSSR count). The topological polar surface area (TPSA) is 79.4 Å². The first-order valence-electron chi connectivity index (χ1n) is 8.55. The van der Waals surface area contributed by atoms with Gasteiger partial charge in [0.15, 0.2) is 5.13 Å². The summed E-state index contributed by atoms with van der Waals surface area (Å²) >= 11 is 7.43. The van der Waals surface area contributed by atoms with E-state index in [9.17, 15) is 14.4 Å². The molecule has 8 heteroatoms. The molecule has 0 spiro atoms. The van der Waals surface area contributed by atoms with Crippen LogP contribution in [0.15, 0.2) is 41.8 Å². The van der Waals surface area contributed by atoms with Crippen LogP contribution >= 0.6 is 22.9 Å². The Balaban J connectivity index is 1.43. The fraction of sp³-hybridized carbons (Fsp3) is 0.263. The number of carbonyl (C=O) groups is 3. The number of hydrogen-bond acceptors (Lipinski definition) is 5. The maximum atomic E-state index is 12.4. The number of amides is 3. The minimum absolute atomic E-state index is 0.264. The van der Waals surface area contributed by atoms with Crippen molar-refractivity contribution in [3.05, 3.63) is 46.8 Å². The molecule has 2 atom stereocenters. The van der Waals surface area contributed by atoms with Crippen LogP contribution in [0.5, 0.6) is 0 Å². The lowest BCUT2D eigenvalue weighted by Crippen LogP contribution is -2.38. The van der Waals surface area contributed by atoms with E-state index < -0.39 is 5.91 Å². The number of nitrogens with one attached hydrogen (secondary N) is 1. The summed E-state index contributed by atoms with van der Waals surface area (Å²) in [6.45, 7) is -0.286. The highest BCUT2D eigenvalue weighted by atomic mass is 35.5. The molecule has 3 amide bonds. The van der Waals surface area contributed by atoms with Gasteiger partial charge >= 0.3 is 0 Å². The molecular formula is C19H16ClN3O3S. The van der Waals surface area contributed by atoms with Crippen LogP contribution in [0.1, 0.15) is 12.8 Å². The Morgan fingerprint density at radius 3 is 2.52 bits per heavy atom. The zero-order valence-corrected chi connectivity index (χ0v) is 15.8. The van der Waals surface area contributed by atoms with Crippen LogP contribution in [0.3, 0.4) is 0 Å². The Labute approximate surface area is 164 Å². The second-order valence-electron chi connectivity index (χ2n) is 6.48. The third kappa shape index (κ3) is 3.40. The highest BCUT2D eigenvalue weighted by Crippen LogP contribution is 2.35. The van der Waals surface area contributed by atoms with Gasteiger partial charge in [-0.15, -0.1) is 11.3 Å². The molecule has 2 aliphatic rings. The molecule has 6 nitrogen and oxygen atoms in total. The number of thiazole rings is 1. The number of nitrogens with zero attached hydrogens (tertiary/aromatic N) is 2. The monoisotopic (exact) mass is 401 g/mol. The summed E-state index contributed by atoms with van der Waals surface area (Å²) in [5, 5.41) is 5.43. The highest BCUT2D eigenvalue weighted by Gasteiger charge is 2.47. The molecule has 27 heavy (non-hydrogen) atoms. The van der Waals surface area contributed by atoms with E-state index in [0.29, 0.717) is 28.7 Å². The first-order chi connectivity index (χ1) is 13.0. The molecule has 2 heterocycles. The van der Waals surface area contributed by atoms with Gasteiger partial charge in [0.1, 0.15) is 6.54 Å². The number of fused-ring (bicyclic) bond motifs is 1. The summed E-state index contributed by atoms with van der Waals surface area (Å²) in [5.41, 5.74) is 1.43. The largest absolute Gasteiger partial charge is 0.300 e. The number of benzene rings is 1. The standard InChI is InChI=1S/C19H16ClN3O3S/c20-14-8-4-3-7-13(14)15-10-27-19(21-15)22-16(24)9-23-17(25)11-5-1-2-6-12(11)18(23)26/h1-4,7-8,10-12H,5-6,9H2,(H,21,22,24)/t11-,12+. The maximum Gasteiger partial charge on any atom is 0.246 e. The Hall–Kier alpha value is -2.51. The van der Waals surface area contributed by atoms with E-state index >= 15 is 0 Å². The number of carbonyl (C=O) groups excluding carboxylic acids is 3. The second kappa shape index (κ2) is 7.25. The first-order valence-corrected chi connectivity index (χ1v) is 9.81. The summed E-state index contributed by atoms with van der Waals surface area (Å²) in [7, 11) is 0. The van der Waals surface area contributed by atoms with Gasteiger partial charge in [-0.05, 0) is 18.9 Å². The van der Waals surface area contributed by atoms with Crippen LogP contribution in [0.2, 0.25) is 5.02 Å². The molecule has 1 aromatic heterocycles. The number of likely N-dealkylation sites (tertiary alicyclic amines) is 1. The SMILES string of the molecule is O=C(CN1C(=O)[C@H]2CC=CC[C@H]2C1=O)Nc1nc(-c2ccccc2Cl)cs1. The van der Waals surface area contributed by atoms with E-state index in [1.807, 2.05) is 30.4 Å². The van der Waals surface area contributed by atoms with Gasteiger partial charge in [-0.25, -0.2) is 4.98 Å². The Kier molecular flexibility index (Phi) is 4.80. The third-order valence-electron chi connectivity index (χ3n) is 4.80. The van der Waals surface area contributed by atoms with Crippen LogP contribution in [0, 0.1) is 11.8 Å². The summed E-state index contributed by atoms with van der Waals surface area (Å²) in [6.07, 6.45) is 4.95. The fourth-order valence-corrected chi connectivity index (χ4v) is 4.41. The highest BCUT2D eigenvalue weighted by molar-refractivity contribution is 7.14. The first kappa shape index (κ1) is 17.9. The van der Waals surface area contributed by atoms with Crippen molar-refractivity contribution >= 4 is 45.8 Å². The zero-order valence-electron chi connectivity index (χ0n) is 14.2. The van der Waals surface area contributed by atoms with Crippen LogP contribution in [-0.2, 0) is 14.4 Å². The van der Waals surface area contributed by atoms with Crippen LogP contribution in [0.25, 0.3) is 11.3 Å². The number of allylic oxidation sites excluding steroid dienone is 2. The molecule has 1 saturated heterocycles. The van der Waals surface area contributed by atoms with Gasteiger partial charge in [0.25, 0.3) is 0 Å². The Morgan fingerprint density at radius 2 is 1.85 bits per heavy atom. The molecule has 1 aliphatic carbocycles. The number of hydrogen-bond donors (Lipinski definition) is 1. The molecule has 1 aliphatic heterocycles. The number of halogens is 1. The Bertz CT molecular complexity index is 929. The van der Waals surface area contributed by atoms with Crippen molar-refractivity contribution in [2.75, 3.05) is 11.9 Å². The number of rotatable bonds is 4. The number of aromatic nitrogens is 1. The average Bonchev–Trinajstić information content (AvgIpc) is 3.21. The van der Waals surface area contributed by atoms with Crippen molar-refractivity contribution in [3.63, 3.8) is 0 Å². The quantitative estimate of drug-likeness (QED) is 0.629. The molecule has 0 radical (unpaired) electrons. The molecule has 1 aromatic carbocycles. The fourth-order valence-electron chi connectivity index (χ4n) is 3.45. The number of imide groups is 1. The number of anilines is 1. The predicted octanol–water partition coefficient (Wildman–Crippen LogP) is 3.35. The third-order valence-corrected chi connectivity index (χ3v) is 5.89. The van der Waals surface area contributed by atoms with Gasteiger partial charge in [-0.2, -0.15) is 0 Å².